The topological polar surface area (TPSA) is 75.4 Å². The molecule has 7 heteroatoms. The van der Waals surface area contributed by atoms with Gasteiger partial charge in [0.2, 0.25) is 5.91 Å². The molecule has 2 aromatic heterocycles. The molecule has 1 amide bonds. The molecule has 1 unspecified atom stereocenters. The largest absolute Gasteiger partial charge is 0.355 e. The second-order valence-electron chi connectivity index (χ2n) is 9.26. The van der Waals surface area contributed by atoms with Crippen LogP contribution in [0, 0.1) is 5.92 Å². The van der Waals surface area contributed by atoms with Gasteiger partial charge < -0.3 is 10.2 Å². The zero-order chi connectivity index (χ0) is 22.9. The zero-order valence-electron chi connectivity index (χ0n) is 19.1. The molecule has 7 nitrogen and oxygen atoms in total. The van der Waals surface area contributed by atoms with Gasteiger partial charge in [0.25, 0.3) is 0 Å². The minimum absolute atomic E-state index is 0.0452. The summed E-state index contributed by atoms with van der Waals surface area (Å²) in [6.07, 6.45) is 4.91. The maximum absolute atomic E-state index is 13.1. The van der Waals surface area contributed by atoms with Gasteiger partial charge >= 0.3 is 0 Å². The number of rotatable bonds is 4. The highest BCUT2D eigenvalue weighted by atomic mass is 16.2. The number of hydrogen-bond donors (Lipinski definition) is 1. The van der Waals surface area contributed by atoms with Gasteiger partial charge in [0.05, 0.1) is 6.04 Å². The SMILES string of the molecule is O=C(NC1CCCc2ccccc21)C1CCN(c2ccc3nnc(-c4ccccc4)n3n2)CC1. The lowest BCUT2D eigenvalue weighted by Crippen LogP contribution is -2.42. The third-order valence-electron chi connectivity index (χ3n) is 7.16. The number of amides is 1. The Morgan fingerprint density at radius 1 is 0.882 bits per heavy atom. The first-order valence-electron chi connectivity index (χ1n) is 12.2. The highest BCUT2D eigenvalue weighted by Gasteiger charge is 2.29. The van der Waals surface area contributed by atoms with Crippen molar-refractivity contribution in [2.75, 3.05) is 18.0 Å². The van der Waals surface area contributed by atoms with E-state index in [1.807, 2.05) is 47.0 Å². The Bertz CT molecular complexity index is 1310. The van der Waals surface area contributed by atoms with Crippen LogP contribution < -0.4 is 10.2 Å². The predicted molar refractivity (Wildman–Crippen MR) is 131 cm³/mol. The number of carbonyl (C=O) groups excluding carboxylic acids is 1. The molecule has 6 rings (SSSR count). The molecule has 2 aliphatic rings. The van der Waals surface area contributed by atoms with E-state index in [9.17, 15) is 4.79 Å². The van der Waals surface area contributed by atoms with Crippen LogP contribution in [0.4, 0.5) is 5.82 Å². The number of nitrogens with one attached hydrogen (secondary N) is 1. The van der Waals surface area contributed by atoms with Crippen LogP contribution in [0.3, 0.4) is 0 Å². The van der Waals surface area contributed by atoms with Crippen molar-refractivity contribution in [2.45, 2.75) is 38.1 Å². The normalized spacial score (nSPS) is 18.6. The van der Waals surface area contributed by atoms with E-state index in [2.05, 4.69) is 44.7 Å². The number of carbonyl (C=O) groups is 1. The Morgan fingerprint density at radius 3 is 2.53 bits per heavy atom. The van der Waals surface area contributed by atoms with Crippen LogP contribution in [-0.2, 0) is 11.2 Å². The molecule has 1 N–H and O–H groups in total. The number of benzene rings is 2. The molecule has 1 aliphatic heterocycles. The fraction of sp³-hybridized carbons (Fsp3) is 0.333. The Kier molecular flexibility index (Phi) is 5.45. The van der Waals surface area contributed by atoms with E-state index in [0.29, 0.717) is 0 Å². The van der Waals surface area contributed by atoms with E-state index in [4.69, 9.17) is 5.10 Å². The maximum atomic E-state index is 13.1. The molecule has 1 fully saturated rings. The molecule has 1 saturated heterocycles. The highest BCUT2D eigenvalue weighted by molar-refractivity contribution is 5.79. The average molecular weight is 453 g/mol. The molecule has 0 spiro atoms. The first kappa shape index (κ1) is 20.8. The summed E-state index contributed by atoms with van der Waals surface area (Å²) in [7, 11) is 0. The Balaban J connectivity index is 1.13. The number of piperidine rings is 1. The fourth-order valence-electron chi connectivity index (χ4n) is 5.28. The molecule has 0 saturated carbocycles. The van der Waals surface area contributed by atoms with Crippen molar-refractivity contribution in [1.29, 1.82) is 0 Å². The molecule has 172 valence electrons. The summed E-state index contributed by atoms with van der Waals surface area (Å²) in [5.74, 6) is 1.86. The van der Waals surface area contributed by atoms with E-state index in [0.717, 1.165) is 68.0 Å². The number of anilines is 1. The van der Waals surface area contributed by atoms with Gasteiger partial charge in [-0.2, -0.15) is 4.52 Å². The minimum Gasteiger partial charge on any atom is -0.355 e. The van der Waals surface area contributed by atoms with Gasteiger partial charge in [0, 0.05) is 24.6 Å². The van der Waals surface area contributed by atoms with E-state index in [1.54, 1.807) is 0 Å². The lowest BCUT2D eigenvalue weighted by Gasteiger charge is -2.33. The summed E-state index contributed by atoms with van der Waals surface area (Å²) >= 11 is 0. The molecule has 3 heterocycles. The van der Waals surface area contributed by atoms with Gasteiger partial charge in [-0.3, -0.25) is 4.79 Å². The second-order valence-corrected chi connectivity index (χ2v) is 9.26. The van der Waals surface area contributed by atoms with Crippen LogP contribution in [0.2, 0.25) is 0 Å². The van der Waals surface area contributed by atoms with Crippen molar-refractivity contribution in [3.63, 3.8) is 0 Å². The first-order valence-corrected chi connectivity index (χ1v) is 12.2. The molecule has 1 atom stereocenters. The van der Waals surface area contributed by atoms with Crippen LogP contribution in [-0.4, -0.2) is 38.8 Å². The zero-order valence-corrected chi connectivity index (χ0v) is 19.1. The number of fused-ring (bicyclic) bond motifs is 2. The standard InChI is InChI=1S/C27H28N6O/c34-27(28-23-12-6-10-19-7-4-5-11-22(19)23)21-15-17-32(18-16-21)25-14-13-24-29-30-26(33(24)31-25)20-8-2-1-3-9-20/h1-5,7-9,11,13-14,21,23H,6,10,12,15-18H2,(H,28,34). The Hall–Kier alpha value is -3.74. The predicted octanol–water partition coefficient (Wildman–Crippen LogP) is 4.20. The van der Waals surface area contributed by atoms with Gasteiger partial charge in [-0.25, -0.2) is 0 Å². The Labute approximate surface area is 198 Å². The molecule has 1 aliphatic carbocycles. The van der Waals surface area contributed by atoms with Crippen molar-refractivity contribution in [2.24, 2.45) is 5.92 Å². The summed E-state index contributed by atoms with van der Waals surface area (Å²) in [4.78, 5) is 15.4. The van der Waals surface area contributed by atoms with Crippen LogP contribution in [0.5, 0.6) is 0 Å². The lowest BCUT2D eigenvalue weighted by molar-refractivity contribution is -0.126. The smallest absolute Gasteiger partial charge is 0.223 e. The van der Waals surface area contributed by atoms with Crippen molar-refractivity contribution in [1.82, 2.24) is 25.1 Å². The lowest BCUT2D eigenvalue weighted by atomic mass is 9.87. The van der Waals surface area contributed by atoms with E-state index in [-0.39, 0.29) is 17.9 Å². The fourth-order valence-corrected chi connectivity index (χ4v) is 5.28. The van der Waals surface area contributed by atoms with Crippen molar-refractivity contribution in [3.05, 3.63) is 77.9 Å². The summed E-state index contributed by atoms with van der Waals surface area (Å²) < 4.78 is 1.81. The minimum atomic E-state index is 0.0452. The third kappa shape index (κ3) is 3.91. The summed E-state index contributed by atoms with van der Waals surface area (Å²) in [5.41, 5.74) is 4.38. The van der Waals surface area contributed by atoms with E-state index < -0.39 is 0 Å². The number of nitrogens with zero attached hydrogens (tertiary/aromatic N) is 5. The van der Waals surface area contributed by atoms with Gasteiger partial charge in [-0.05, 0) is 55.4 Å². The molecular formula is C27H28N6O. The van der Waals surface area contributed by atoms with Gasteiger partial charge in [0.1, 0.15) is 5.82 Å². The number of hydrogen-bond acceptors (Lipinski definition) is 5. The first-order chi connectivity index (χ1) is 16.8. The van der Waals surface area contributed by atoms with Crippen LogP contribution in [0.25, 0.3) is 17.0 Å². The van der Waals surface area contributed by atoms with Crippen LogP contribution in [0.1, 0.15) is 42.9 Å². The van der Waals surface area contributed by atoms with Gasteiger partial charge in [0.15, 0.2) is 11.5 Å². The van der Waals surface area contributed by atoms with Crippen molar-refractivity contribution in [3.8, 4) is 11.4 Å². The third-order valence-corrected chi connectivity index (χ3v) is 7.16. The number of aromatic nitrogens is 4. The molecule has 34 heavy (non-hydrogen) atoms. The average Bonchev–Trinajstić information content (AvgIpc) is 3.33. The summed E-state index contributed by atoms with van der Waals surface area (Å²) in [5, 5.41) is 16.8. The quantitative estimate of drug-likeness (QED) is 0.502. The maximum Gasteiger partial charge on any atom is 0.223 e. The Morgan fingerprint density at radius 2 is 1.68 bits per heavy atom. The molecule has 4 aromatic rings. The second kappa shape index (κ2) is 8.89. The van der Waals surface area contributed by atoms with Gasteiger partial charge in [-0.1, -0.05) is 54.6 Å². The molecule has 2 aromatic carbocycles. The monoisotopic (exact) mass is 452 g/mol. The molecular weight excluding hydrogens is 424 g/mol. The van der Waals surface area contributed by atoms with Gasteiger partial charge in [-0.15, -0.1) is 15.3 Å². The van der Waals surface area contributed by atoms with Crippen LogP contribution in [0.15, 0.2) is 66.7 Å². The van der Waals surface area contributed by atoms with Crippen LogP contribution >= 0.6 is 0 Å². The van der Waals surface area contributed by atoms with Crippen molar-refractivity contribution >= 4 is 17.4 Å². The van der Waals surface area contributed by atoms with E-state index >= 15 is 0 Å². The number of aryl methyl sites for hydroxylation is 1. The summed E-state index contributed by atoms with van der Waals surface area (Å²) in [6.45, 7) is 1.61. The van der Waals surface area contributed by atoms with E-state index in [1.165, 1.54) is 11.1 Å². The highest BCUT2D eigenvalue weighted by Crippen LogP contribution is 2.31. The summed E-state index contributed by atoms with van der Waals surface area (Å²) in [6, 6.07) is 22.6. The molecule has 0 radical (unpaired) electrons. The van der Waals surface area contributed by atoms with Crippen molar-refractivity contribution < 1.29 is 4.79 Å². The molecule has 0 bridgehead atoms.